The summed E-state index contributed by atoms with van der Waals surface area (Å²) in [5, 5.41) is 0. The lowest BCUT2D eigenvalue weighted by Gasteiger charge is -2.10. The van der Waals surface area contributed by atoms with E-state index in [1.807, 2.05) is 0 Å². The standard InChI is InChI=1S/C9H9BrFN/c10-6-1-2-8(11)7(5-6)9(12)3-4-9/h1-2,5H,3-4,12H2. The Bertz CT molecular complexity index is 320. The lowest BCUT2D eigenvalue weighted by atomic mass is 10.1. The Morgan fingerprint density at radius 2 is 2.08 bits per heavy atom. The fourth-order valence-electron chi connectivity index (χ4n) is 1.28. The van der Waals surface area contributed by atoms with E-state index in [1.54, 1.807) is 12.1 Å². The molecule has 0 atom stereocenters. The van der Waals surface area contributed by atoms with Crippen molar-refractivity contribution in [2.45, 2.75) is 18.4 Å². The average molecular weight is 230 g/mol. The largest absolute Gasteiger partial charge is 0.321 e. The van der Waals surface area contributed by atoms with Gasteiger partial charge in [-0.15, -0.1) is 0 Å². The zero-order valence-corrected chi connectivity index (χ0v) is 8.07. The molecule has 2 N–H and O–H groups in total. The molecule has 1 aliphatic carbocycles. The van der Waals surface area contributed by atoms with Gasteiger partial charge in [0.2, 0.25) is 0 Å². The third-order valence-electron chi connectivity index (χ3n) is 2.25. The van der Waals surface area contributed by atoms with Gasteiger partial charge in [-0.05, 0) is 31.0 Å². The number of nitrogens with two attached hydrogens (primary N) is 1. The summed E-state index contributed by atoms with van der Waals surface area (Å²) >= 11 is 3.29. The van der Waals surface area contributed by atoms with Crippen molar-refractivity contribution in [3.8, 4) is 0 Å². The van der Waals surface area contributed by atoms with Crippen molar-refractivity contribution in [1.29, 1.82) is 0 Å². The first kappa shape index (κ1) is 8.20. The van der Waals surface area contributed by atoms with Gasteiger partial charge in [-0.25, -0.2) is 4.39 Å². The fourth-order valence-corrected chi connectivity index (χ4v) is 1.64. The first-order valence-electron chi connectivity index (χ1n) is 3.86. The van der Waals surface area contributed by atoms with Gasteiger partial charge in [0, 0.05) is 15.6 Å². The van der Waals surface area contributed by atoms with Crippen molar-refractivity contribution in [3.05, 3.63) is 34.1 Å². The maximum atomic E-state index is 13.2. The van der Waals surface area contributed by atoms with Crippen molar-refractivity contribution < 1.29 is 4.39 Å². The van der Waals surface area contributed by atoms with Crippen LogP contribution in [0.2, 0.25) is 0 Å². The predicted molar refractivity (Wildman–Crippen MR) is 49.2 cm³/mol. The first-order chi connectivity index (χ1) is 5.62. The second-order valence-corrected chi connectivity index (χ2v) is 4.20. The number of hydrogen-bond donors (Lipinski definition) is 1. The Hall–Kier alpha value is -0.410. The van der Waals surface area contributed by atoms with Crippen molar-refractivity contribution in [2.24, 2.45) is 5.73 Å². The minimum atomic E-state index is -0.381. The second kappa shape index (κ2) is 2.54. The number of halogens is 2. The Labute approximate surface area is 78.9 Å². The number of benzene rings is 1. The highest BCUT2D eigenvalue weighted by Gasteiger charge is 2.41. The van der Waals surface area contributed by atoms with Crippen LogP contribution in [-0.2, 0) is 5.54 Å². The number of hydrogen-bond acceptors (Lipinski definition) is 1. The molecule has 2 rings (SSSR count). The molecule has 1 aromatic carbocycles. The topological polar surface area (TPSA) is 26.0 Å². The summed E-state index contributed by atoms with van der Waals surface area (Å²) in [5.74, 6) is -0.196. The molecule has 0 amide bonds. The van der Waals surface area contributed by atoms with Crippen LogP contribution >= 0.6 is 15.9 Å². The van der Waals surface area contributed by atoms with E-state index in [-0.39, 0.29) is 11.4 Å². The van der Waals surface area contributed by atoms with Gasteiger partial charge < -0.3 is 5.73 Å². The molecule has 3 heteroatoms. The van der Waals surface area contributed by atoms with Gasteiger partial charge in [-0.3, -0.25) is 0 Å². The molecular formula is C9H9BrFN. The minimum absolute atomic E-state index is 0.196. The van der Waals surface area contributed by atoms with E-state index in [4.69, 9.17) is 5.73 Å². The highest BCUT2D eigenvalue weighted by molar-refractivity contribution is 9.10. The lowest BCUT2D eigenvalue weighted by Crippen LogP contribution is -2.20. The molecule has 1 fully saturated rings. The molecule has 0 unspecified atom stereocenters. The van der Waals surface area contributed by atoms with E-state index < -0.39 is 0 Å². The zero-order valence-electron chi connectivity index (χ0n) is 6.48. The second-order valence-electron chi connectivity index (χ2n) is 3.28. The first-order valence-corrected chi connectivity index (χ1v) is 4.65. The molecular weight excluding hydrogens is 221 g/mol. The summed E-state index contributed by atoms with van der Waals surface area (Å²) in [6, 6.07) is 4.90. The van der Waals surface area contributed by atoms with E-state index in [0.717, 1.165) is 17.3 Å². The molecule has 0 aromatic heterocycles. The van der Waals surface area contributed by atoms with Gasteiger partial charge in [-0.2, -0.15) is 0 Å². The normalized spacial score (nSPS) is 19.2. The van der Waals surface area contributed by atoms with Crippen LogP contribution in [-0.4, -0.2) is 0 Å². The SMILES string of the molecule is NC1(c2cc(Br)ccc2F)CC1. The quantitative estimate of drug-likeness (QED) is 0.788. The van der Waals surface area contributed by atoms with Crippen LogP contribution in [0.25, 0.3) is 0 Å². The van der Waals surface area contributed by atoms with E-state index >= 15 is 0 Å². The van der Waals surface area contributed by atoms with Gasteiger partial charge in [0.1, 0.15) is 5.82 Å². The minimum Gasteiger partial charge on any atom is -0.321 e. The van der Waals surface area contributed by atoms with E-state index in [9.17, 15) is 4.39 Å². The Balaban J connectivity index is 2.48. The third-order valence-corrected chi connectivity index (χ3v) is 2.75. The molecule has 12 heavy (non-hydrogen) atoms. The Kier molecular flexibility index (Phi) is 1.73. The van der Waals surface area contributed by atoms with Crippen LogP contribution in [0, 0.1) is 5.82 Å². The molecule has 64 valence electrons. The third kappa shape index (κ3) is 1.27. The molecule has 0 bridgehead atoms. The van der Waals surface area contributed by atoms with Gasteiger partial charge in [0.15, 0.2) is 0 Å². The van der Waals surface area contributed by atoms with Crippen molar-refractivity contribution in [2.75, 3.05) is 0 Å². The summed E-state index contributed by atoms with van der Waals surface area (Å²) in [6.07, 6.45) is 1.78. The zero-order chi connectivity index (χ0) is 8.77. The summed E-state index contributed by atoms with van der Waals surface area (Å²) in [7, 11) is 0. The van der Waals surface area contributed by atoms with Gasteiger partial charge in [-0.1, -0.05) is 15.9 Å². The predicted octanol–water partition coefficient (Wildman–Crippen LogP) is 2.54. The molecule has 0 radical (unpaired) electrons. The highest BCUT2D eigenvalue weighted by atomic mass is 79.9. The molecule has 1 aliphatic rings. The maximum absolute atomic E-state index is 13.2. The molecule has 0 aliphatic heterocycles. The van der Waals surface area contributed by atoms with Gasteiger partial charge in [0.25, 0.3) is 0 Å². The van der Waals surface area contributed by atoms with Gasteiger partial charge >= 0.3 is 0 Å². The molecule has 1 saturated carbocycles. The fraction of sp³-hybridized carbons (Fsp3) is 0.333. The van der Waals surface area contributed by atoms with Crippen LogP contribution in [0.4, 0.5) is 4.39 Å². The van der Waals surface area contributed by atoms with Gasteiger partial charge in [0.05, 0.1) is 0 Å². The van der Waals surface area contributed by atoms with E-state index in [1.165, 1.54) is 6.07 Å². The van der Waals surface area contributed by atoms with Crippen LogP contribution < -0.4 is 5.73 Å². The van der Waals surface area contributed by atoms with Crippen LogP contribution in [0.3, 0.4) is 0 Å². The van der Waals surface area contributed by atoms with Crippen LogP contribution in [0.1, 0.15) is 18.4 Å². The van der Waals surface area contributed by atoms with Crippen LogP contribution in [0.5, 0.6) is 0 Å². The molecule has 1 nitrogen and oxygen atoms in total. The van der Waals surface area contributed by atoms with E-state index in [2.05, 4.69) is 15.9 Å². The molecule has 1 aromatic rings. The summed E-state index contributed by atoms with van der Waals surface area (Å²) in [6.45, 7) is 0. The Morgan fingerprint density at radius 3 is 2.67 bits per heavy atom. The summed E-state index contributed by atoms with van der Waals surface area (Å²) in [5.41, 5.74) is 6.13. The summed E-state index contributed by atoms with van der Waals surface area (Å²) < 4.78 is 14.1. The highest BCUT2D eigenvalue weighted by Crippen LogP contribution is 2.44. The maximum Gasteiger partial charge on any atom is 0.128 e. The van der Waals surface area contributed by atoms with Crippen LogP contribution in [0.15, 0.2) is 22.7 Å². The van der Waals surface area contributed by atoms with E-state index in [0.29, 0.717) is 5.56 Å². The number of rotatable bonds is 1. The average Bonchev–Trinajstić information content (AvgIpc) is 2.75. The van der Waals surface area contributed by atoms with Crippen molar-refractivity contribution >= 4 is 15.9 Å². The molecule has 0 saturated heterocycles. The Morgan fingerprint density at radius 1 is 1.42 bits per heavy atom. The lowest BCUT2D eigenvalue weighted by molar-refractivity contribution is 0.577. The summed E-state index contributed by atoms with van der Waals surface area (Å²) in [4.78, 5) is 0. The monoisotopic (exact) mass is 229 g/mol. The smallest absolute Gasteiger partial charge is 0.128 e. The molecule has 0 heterocycles. The van der Waals surface area contributed by atoms with Crippen molar-refractivity contribution in [1.82, 2.24) is 0 Å². The molecule has 0 spiro atoms. The van der Waals surface area contributed by atoms with Crippen molar-refractivity contribution in [3.63, 3.8) is 0 Å².